The average Bonchev–Trinajstić information content (AvgIpc) is 1.98. The van der Waals surface area contributed by atoms with E-state index in [2.05, 4.69) is 40.1 Å². The van der Waals surface area contributed by atoms with Crippen LogP contribution in [0, 0.1) is 0 Å². The smallest absolute Gasteiger partial charge is 0.179 e. The van der Waals surface area contributed by atoms with Crippen molar-refractivity contribution in [2.24, 2.45) is 0 Å². The van der Waals surface area contributed by atoms with Crippen LogP contribution >= 0.6 is 0 Å². The Morgan fingerprint density at radius 1 is 1.20 bits per heavy atom. The minimum Gasteiger partial charge on any atom is -0.346 e. The van der Waals surface area contributed by atoms with Gasteiger partial charge in [0.15, 0.2) is 6.29 Å². The molecule has 2 nitrogen and oxygen atoms in total. The fourth-order valence-corrected chi connectivity index (χ4v) is 3.52. The first kappa shape index (κ1) is 12.9. The second kappa shape index (κ2) is 4.81. The summed E-state index contributed by atoms with van der Waals surface area (Å²) in [5.74, 6) is 0. The molecule has 3 atom stereocenters. The molecule has 1 saturated heterocycles. The topological polar surface area (TPSA) is 18.5 Å². The normalized spacial score (nSPS) is 32.7. The van der Waals surface area contributed by atoms with Gasteiger partial charge in [0.05, 0.1) is 12.2 Å². The molecule has 3 heteroatoms. The fraction of sp³-hybridized carbons (Fsp3) is 0.833. The molecule has 1 rings (SSSR count). The Morgan fingerprint density at radius 3 is 2.07 bits per heavy atom. The van der Waals surface area contributed by atoms with E-state index in [0.29, 0.717) is 0 Å². The van der Waals surface area contributed by atoms with E-state index >= 15 is 0 Å². The molecular weight excluding hydrogens is 204 g/mol. The molecule has 0 N–H and O–H groups in total. The lowest BCUT2D eigenvalue weighted by Gasteiger charge is -2.35. The summed E-state index contributed by atoms with van der Waals surface area (Å²) in [6.45, 7) is 15.4. The van der Waals surface area contributed by atoms with Crippen LogP contribution in [0.1, 0.15) is 20.3 Å². The van der Waals surface area contributed by atoms with Crippen LogP contribution in [0.3, 0.4) is 0 Å². The summed E-state index contributed by atoms with van der Waals surface area (Å²) in [5.41, 5.74) is 1.12. The van der Waals surface area contributed by atoms with E-state index < -0.39 is 8.07 Å². The second-order valence-corrected chi connectivity index (χ2v) is 11.3. The molecule has 88 valence electrons. The Kier molecular flexibility index (Phi) is 4.15. The second-order valence-electron chi connectivity index (χ2n) is 5.86. The van der Waals surface area contributed by atoms with Crippen molar-refractivity contribution in [1.82, 2.24) is 0 Å². The van der Waals surface area contributed by atoms with E-state index in [4.69, 9.17) is 9.47 Å². The summed E-state index contributed by atoms with van der Waals surface area (Å²) in [6.07, 6.45) is 1.39. The molecule has 0 aromatic rings. The molecule has 0 saturated carbocycles. The fourth-order valence-electron chi connectivity index (χ4n) is 1.99. The first-order valence-corrected chi connectivity index (χ1v) is 9.47. The zero-order chi connectivity index (χ0) is 11.6. The predicted octanol–water partition coefficient (Wildman–Crippen LogP) is 3.42. The molecule has 1 heterocycles. The van der Waals surface area contributed by atoms with Crippen molar-refractivity contribution in [2.75, 3.05) is 0 Å². The van der Waals surface area contributed by atoms with Crippen LogP contribution in [0.4, 0.5) is 0 Å². The molecule has 0 aliphatic carbocycles. The highest BCUT2D eigenvalue weighted by atomic mass is 28.3. The van der Waals surface area contributed by atoms with Crippen molar-refractivity contribution >= 4 is 8.07 Å². The molecular formula is C12H24O2Si. The summed E-state index contributed by atoms with van der Waals surface area (Å²) in [5, 5.41) is 0. The largest absolute Gasteiger partial charge is 0.346 e. The van der Waals surface area contributed by atoms with Gasteiger partial charge in [-0.1, -0.05) is 26.2 Å². The van der Waals surface area contributed by atoms with Gasteiger partial charge in [0.1, 0.15) is 0 Å². The Balaban J connectivity index is 2.52. The first-order chi connectivity index (χ1) is 6.78. The molecule has 1 unspecified atom stereocenters. The van der Waals surface area contributed by atoms with Gasteiger partial charge in [-0.25, -0.2) is 0 Å². The lowest BCUT2D eigenvalue weighted by molar-refractivity contribution is -0.215. The summed E-state index contributed by atoms with van der Waals surface area (Å²) in [7, 11) is -1.11. The molecule has 1 aliphatic rings. The monoisotopic (exact) mass is 228 g/mol. The highest BCUT2D eigenvalue weighted by molar-refractivity contribution is 6.76. The van der Waals surface area contributed by atoms with Crippen LogP contribution in [-0.4, -0.2) is 26.6 Å². The molecule has 0 aromatic carbocycles. The average molecular weight is 228 g/mol. The van der Waals surface area contributed by atoms with Gasteiger partial charge in [0, 0.05) is 8.07 Å². The summed E-state index contributed by atoms with van der Waals surface area (Å²) < 4.78 is 11.5. The van der Waals surface area contributed by atoms with Gasteiger partial charge in [-0.3, -0.25) is 0 Å². The number of ether oxygens (including phenoxy) is 2. The third-order valence-electron chi connectivity index (χ3n) is 2.47. The highest BCUT2D eigenvalue weighted by Crippen LogP contribution is 2.26. The predicted molar refractivity (Wildman–Crippen MR) is 66.8 cm³/mol. The van der Waals surface area contributed by atoms with Gasteiger partial charge in [-0.05, 0) is 31.9 Å². The van der Waals surface area contributed by atoms with Gasteiger partial charge < -0.3 is 9.47 Å². The van der Waals surface area contributed by atoms with Crippen molar-refractivity contribution in [1.29, 1.82) is 0 Å². The summed E-state index contributed by atoms with van der Waals surface area (Å²) in [6, 6.07) is 1.08. The van der Waals surface area contributed by atoms with Crippen molar-refractivity contribution in [3.63, 3.8) is 0 Å². The quantitative estimate of drug-likeness (QED) is 0.544. The Morgan fingerprint density at radius 2 is 1.67 bits per heavy atom. The number of hydrogen-bond acceptors (Lipinski definition) is 2. The van der Waals surface area contributed by atoms with E-state index in [0.717, 1.165) is 18.0 Å². The zero-order valence-electron chi connectivity index (χ0n) is 10.7. The minimum atomic E-state index is -1.11. The highest BCUT2D eigenvalue weighted by Gasteiger charge is 2.28. The van der Waals surface area contributed by atoms with E-state index in [1.807, 2.05) is 0 Å². The van der Waals surface area contributed by atoms with Gasteiger partial charge in [-0.2, -0.15) is 0 Å². The van der Waals surface area contributed by atoms with Crippen LogP contribution in [0.15, 0.2) is 12.2 Å². The van der Waals surface area contributed by atoms with Gasteiger partial charge in [-0.15, -0.1) is 0 Å². The Hall–Kier alpha value is -0.123. The maximum Gasteiger partial charge on any atom is 0.179 e. The van der Waals surface area contributed by atoms with Crippen molar-refractivity contribution in [3.8, 4) is 0 Å². The maximum atomic E-state index is 5.76. The van der Waals surface area contributed by atoms with E-state index in [9.17, 15) is 0 Å². The number of hydrogen-bond donors (Lipinski definition) is 0. The van der Waals surface area contributed by atoms with Crippen LogP contribution < -0.4 is 0 Å². The SMILES string of the molecule is C=C(C[Si](C)(C)C)C1O[C@H](C)C[C@H](C)O1. The van der Waals surface area contributed by atoms with Crippen molar-refractivity contribution in [2.45, 2.75) is 64.5 Å². The molecule has 0 radical (unpaired) electrons. The maximum absolute atomic E-state index is 5.76. The first-order valence-electron chi connectivity index (χ1n) is 5.76. The molecule has 0 aromatic heterocycles. The lowest BCUT2D eigenvalue weighted by Crippen LogP contribution is -2.37. The van der Waals surface area contributed by atoms with Gasteiger partial charge in [0.2, 0.25) is 0 Å². The minimum absolute atomic E-state index is 0.171. The Bertz CT molecular complexity index is 222. The third-order valence-corrected chi connectivity index (χ3v) is 3.98. The number of rotatable bonds is 3. The van der Waals surface area contributed by atoms with E-state index in [1.165, 1.54) is 0 Å². The molecule has 0 bridgehead atoms. The van der Waals surface area contributed by atoms with Crippen LogP contribution in [0.2, 0.25) is 25.7 Å². The summed E-state index contributed by atoms with van der Waals surface area (Å²) >= 11 is 0. The molecule has 15 heavy (non-hydrogen) atoms. The molecule has 0 spiro atoms. The molecule has 1 fully saturated rings. The lowest BCUT2D eigenvalue weighted by atomic mass is 10.1. The van der Waals surface area contributed by atoms with Crippen molar-refractivity contribution < 1.29 is 9.47 Å². The van der Waals surface area contributed by atoms with Gasteiger partial charge in [0.25, 0.3) is 0 Å². The van der Waals surface area contributed by atoms with Crippen molar-refractivity contribution in [3.05, 3.63) is 12.2 Å². The summed E-state index contributed by atoms with van der Waals surface area (Å²) in [4.78, 5) is 0. The molecule has 0 amide bonds. The third kappa shape index (κ3) is 4.49. The van der Waals surface area contributed by atoms with Gasteiger partial charge >= 0.3 is 0 Å². The zero-order valence-corrected chi connectivity index (χ0v) is 11.7. The van der Waals surface area contributed by atoms with E-state index in [1.54, 1.807) is 0 Å². The van der Waals surface area contributed by atoms with Crippen LogP contribution in [0.25, 0.3) is 0 Å². The van der Waals surface area contributed by atoms with Crippen LogP contribution in [-0.2, 0) is 9.47 Å². The molecule has 1 aliphatic heterocycles. The standard InChI is InChI=1S/C12H24O2Si/c1-9(8-15(4,5)6)12-13-10(2)7-11(3)14-12/h10-12H,1,7-8H2,2-6H3/t10-,11+,12?. The van der Waals surface area contributed by atoms with E-state index in [-0.39, 0.29) is 18.5 Å². The van der Waals surface area contributed by atoms with Crippen LogP contribution in [0.5, 0.6) is 0 Å². The Labute approximate surface area is 94.7 Å².